The molecule has 0 amide bonds. The molecule has 0 aromatic heterocycles. The summed E-state index contributed by atoms with van der Waals surface area (Å²) in [5.74, 6) is 13.9. The lowest BCUT2D eigenvalue weighted by Gasteiger charge is -2.41. The number of phenolic OH excluding ortho intramolecular Hbond substituents is 2. The summed E-state index contributed by atoms with van der Waals surface area (Å²) in [5.41, 5.74) is 11.9. The van der Waals surface area contributed by atoms with Crippen molar-refractivity contribution >= 4 is 0 Å². The maximum Gasteiger partial charge on any atom is 0.217 e. The lowest BCUT2D eigenvalue weighted by Crippen LogP contribution is -2.46. The minimum atomic E-state index is -0.659. The van der Waals surface area contributed by atoms with E-state index in [4.69, 9.17) is 52.8 Å². The van der Waals surface area contributed by atoms with Crippen molar-refractivity contribution < 1.29 is 52.8 Å². The van der Waals surface area contributed by atoms with E-state index in [-0.39, 0.29) is 25.0 Å². The van der Waals surface area contributed by atoms with Crippen molar-refractivity contribution in [2.24, 2.45) is 41.4 Å². The van der Waals surface area contributed by atoms with Crippen LogP contribution in [-0.4, -0.2) is 67.9 Å². The Kier molecular flexibility index (Phi) is 38.8. The zero-order valence-electron chi connectivity index (χ0n) is 77.8. The molecule has 5 fully saturated rings. The van der Waals surface area contributed by atoms with Crippen molar-refractivity contribution in [3.63, 3.8) is 0 Å². The normalized spacial score (nSPS) is 20.4. The highest BCUT2D eigenvalue weighted by Gasteiger charge is 2.63. The number of aromatic hydroxyl groups is 2. The van der Waals surface area contributed by atoms with Crippen LogP contribution >= 0.6 is 0 Å². The number of rotatable bonds is 33. The summed E-state index contributed by atoms with van der Waals surface area (Å²) in [7, 11) is 1.72. The standard InChI is InChI=1S/C31H32O2.C24H34O2.C23H30O3.C15H24O2.2C10H14O/c1-4-24(2)25-20-22-29(23-21-25)33-30(32-3)31(26-14-8-5-9-15-26,27-16-10-6-11-17-27)28-18-12-7-13-19-28;1-4-14(2)16-7-9-20(10-8-16)25-15(3)26-22-13-19-12-21(22)24-18-6-5-17(11-18)23(19)24;1-3-18(2)20-9-11-22(12-10-20)26-23(21-13-15-24-16-14-21)25-17-19-7-5-4-6-8-19;1-6-12(4)14-7-9-15(10-8-14)17-13(5)16-11(2)3;2*1-3-8(2)9-4-6-10(11)7-5-9/h5-24,30H,4H2,1-3H3;7-10,14-15,17-19,21-24H,4-6,11-13H2,1-3H3;4-12,18,21,23H,3,13-17H2,1-2H3;7-13H,6H2,1-5H3;2*4-8,11H,3H2,1-2H3. The zero-order valence-corrected chi connectivity index (χ0v) is 77.8. The van der Waals surface area contributed by atoms with Crippen molar-refractivity contribution in [1.82, 2.24) is 0 Å². The monoisotopic (exact) mass is 1680 g/mol. The first kappa shape index (κ1) is 97.0. The summed E-state index contributed by atoms with van der Waals surface area (Å²) < 4.78 is 54.5. The Morgan fingerprint density at radius 2 is 0.694 bits per heavy atom. The number of phenols is 2. The fourth-order valence-corrected chi connectivity index (χ4v) is 18.8. The Labute approximate surface area is 746 Å². The third-order valence-corrected chi connectivity index (χ3v) is 27.2. The zero-order chi connectivity index (χ0) is 88.5. The van der Waals surface area contributed by atoms with Crippen molar-refractivity contribution in [3.8, 4) is 34.5 Å². The highest BCUT2D eigenvalue weighted by molar-refractivity contribution is 5.52. The molecule has 10 aromatic rings. The molecule has 2 N–H and O–H groups in total. The molecule has 15 rings (SSSR count). The van der Waals surface area contributed by atoms with Crippen LogP contribution < -0.4 is 18.9 Å². The van der Waals surface area contributed by atoms with Gasteiger partial charge in [-0.15, -0.1) is 0 Å². The molecule has 0 radical (unpaired) electrons. The van der Waals surface area contributed by atoms with E-state index < -0.39 is 11.7 Å². The van der Waals surface area contributed by atoms with Gasteiger partial charge < -0.3 is 52.8 Å². The van der Waals surface area contributed by atoms with Gasteiger partial charge in [0, 0.05) is 26.2 Å². The molecule has 5 aliphatic rings. The molecule has 10 aromatic carbocycles. The van der Waals surface area contributed by atoms with Crippen LogP contribution in [0.1, 0.15) is 285 Å². The van der Waals surface area contributed by atoms with Crippen LogP contribution in [0.15, 0.2) is 267 Å². The largest absolute Gasteiger partial charge is 0.508 e. The fraction of sp³-hybridized carbons (Fsp3) is 0.469. The molecule has 124 heavy (non-hydrogen) atoms. The highest BCUT2D eigenvalue weighted by Crippen LogP contribution is 2.68. The number of fused-ring (bicyclic) bond motifs is 9. The van der Waals surface area contributed by atoms with E-state index in [1.54, 1.807) is 31.4 Å². The summed E-state index contributed by atoms with van der Waals surface area (Å²) in [6, 6.07) is 90.4. The third-order valence-electron chi connectivity index (χ3n) is 27.2. The van der Waals surface area contributed by atoms with E-state index in [1.807, 2.05) is 93.6 Å². The van der Waals surface area contributed by atoms with Crippen LogP contribution in [0.4, 0.5) is 0 Å². The minimum absolute atomic E-state index is 0.147. The Morgan fingerprint density at radius 3 is 1.06 bits per heavy atom. The van der Waals surface area contributed by atoms with Crippen molar-refractivity contribution in [1.29, 1.82) is 0 Å². The van der Waals surface area contributed by atoms with Crippen LogP contribution in [0.25, 0.3) is 0 Å². The molecule has 666 valence electrons. The Hall–Kier alpha value is -9.20. The maximum atomic E-state index is 9.01. The summed E-state index contributed by atoms with van der Waals surface area (Å²) >= 11 is 0. The lowest BCUT2D eigenvalue weighted by atomic mass is 9.68. The highest BCUT2D eigenvalue weighted by atomic mass is 16.7. The number of methoxy groups -OCH3 is 1. The molecule has 11 nitrogen and oxygen atoms in total. The first-order chi connectivity index (χ1) is 60.1. The van der Waals surface area contributed by atoms with Gasteiger partial charge in [-0.05, 0) is 311 Å². The second kappa shape index (κ2) is 49.6. The first-order valence-corrected chi connectivity index (χ1v) is 47.0. The smallest absolute Gasteiger partial charge is 0.217 e. The van der Waals surface area contributed by atoms with Gasteiger partial charge in [-0.3, -0.25) is 0 Å². The predicted octanol–water partition coefficient (Wildman–Crippen LogP) is 29.3. The van der Waals surface area contributed by atoms with Gasteiger partial charge in [0.15, 0.2) is 12.6 Å². The molecular formula is C113H148O11. The van der Waals surface area contributed by atoms with Gasteiger partial charge >= 0.3 is 0 Å². The van der Waals surface area contributed by atoms with Crippen LogP contribution in [0.3, 0.4) is 0 Å². The van der Waals surface area contributed by atoms with E-state index in [0.29, 0.717) is 65.6 Å². The SMILES string of the molecule is CCC(C)c1ccc(O)cc1.CCC(C)c1ccc(O)cc1.CCC(C)c1ccc(OC(C)OC(C)C)cc1.CCC(C)c1ccc(OC(C)OC2CC3CC2C2C4CCC(C4)C32)cc1.CCC(C)c1ccc(OC(OC)C(c2ccccc2)(c2ccccc2)c2ccccc2)cc1.CCC(C)c1ccc(OC(OCc2ccccc2)C2CCOCC2)cc1. The maximum absolute atomic E-state index is 9.01. The summed E-state index contributed by atoms with van der Waals surface area (Å²) in [6.07, 6.45) is 15.5. The molecule has 4 saturated carbocycles. The van der Waals surface area contributed by atoms with Gasteiger partial charge in [-0.1, -0.05) is 277 Å². The Morgan fingerprint density at radius 1 is 0.355 bits per heavy atom. The quantitative estimate of drug-likeness (QED) is 0.0232. The van der Waals surface area contributed by atoms with Crippen LogP contribution in [0.5, 0.6) is 34.5 Å². The van der Waals surface area contributed by atoms with Crippen molar-refractivity contribution in [3.05, 3.63) is 323 Å². The van der Waals surface area contributed by atoms with E-state index in [0.717, 1.165) is 133 Å². The molecule has 4 aliphatic carbocycles. The van der Waals surface area contributed by atoms with E-state index >= 15 is 0 Å². The van der Waals surface area contributed by atoms with Gasteiger partial charge in [-0.25, -0.2) is 0 Å². The first-order valence-electron chi connectivity index (χ1n) is 47.0. The molecule has 4 bridgehead atoms. The number of benzene rings is 10. The van der Waals surface area contributed by atoms with Gasteiger partial charge in [0.1, 0.15) is 39.9 Å². The lowest BCUT2D eigenvalue weighted by molar-refractivity contribution is -0.142. The molecular weight excluding hydrogens is 1530 g/mol. The number of ether oxygens (including phenoxy) is 9. The van der Waals surface area contributed by atoms with E-state index in [1.165, 1.54) is 77.5 Å². The average molecular weight is 1680 g/mol. The van der Waals surface area contributed by atoms with Gasteiger partial charge in [0.25, 0.3) is 0 Å². The second-order valence-electron chi connectivity index (χ2n) is 35.8. The fourth-order valence-electron chi connectivity index (χ4n) is 18.8. The Balaban J connectivity index is 0.000000162. The average Bonchev–Trinajstić information content (AvgIpc) is 1.51. The summed E-state index contributed by atoms with van der Waals surface area (Å²) in [4.78, 5) is 0. The van der Waals surface area contributed by atoms with Crippen LogP contribution in [-0.2, 0) is 35.7 Å². The van der Waals surface area contributed by atoms with Gasteiger partial charge in [0.05, 0.1) is 18.8 Å². The Bertz CT molecular complexity index is 4390. The number of hydrogen-bond donors (Lipinski definition) is 2. The topological polar surface area (TPSA) is 124 Å². The van der Waals surface area contributed by atoms with E-state index in [2.05, 4.69) is 260 Å². The van der Waals surface area contributed by atoms with Crippen molar-refractivity contribution in [2.45, 2.75) is 279 Å². The van der Waals surface area contributed by atoms with E-state index in [9.17, 15) is 0 Å². The molecule has 1 aliphatic heterocycles. The third kappa shape index (κ3) is 27.4. The molecule has 11 heteroatoms. The van der Waals surface area contributed by atoms with Gasteiger partial charge in [0.2, 0.25) is 12.6 Å². The number of hydrogen-bond acceptors (Lipinski definition) is 11. The van der Waals surface area contributed by atoms with Crippen molar-refractivity contribution in [2.75, 3.05) is 20.3 Å². The van der Waals surface area contributed by atoms with Crippen LogP contribution in [0, 0.1) is 41.4 Å². The summed E-state index contributed by atoms with van der Waals surface area (Å²) in [6.45, 7) is 36.7. The molecule has 17 atom stereocenters. The van der Waals surface area contributed by atoms with Crippen LogP contribution in [0.2, 0.25) is 0 Å². The molecule has 17 unspecified atom stereocenters. The molecule has 1 heterocycles. The minimum Gasteiger partial charge on any atom is -0.508 e. The predicted molar refractivity (Wildman–Crippen MR) is 509 cm³/mol. The molecule has 0 spiro atoms. The van der Waals surface area contributed by atoms with Gasteiger partial charge in [-0.2, -0.15) is 0 Å². The summed E-state index contributed by atoms with van der Waals surface area (Å²) in [5, 5.41) is 18.0. The molecule has 1 saturated heterocycles. The second-order valence-corrected chi connectivity index (χ2v) is 35.8.